The zero-order valence-corrected chi connectivity index (χ0v) is 13.3. The Morgan fingerprint density at radius 1 is 1.29 bits per heavy atom. The normalized spacial score (nSPS) is 17.9. The van der Waals surface area contributed by atoms with Gasteiger partial charge in [0.05, 0.1) is 6.10 Å². The van der Waals surface area contributed by atoms with Crippen LogP contribution in [0.25, 0.3) is 0 Å². The maximum atomic E-state index is 13.5. The van der Waals surface area contributed by atoms with Gasteiger partial charge in [-0.2, -0.15) is 0 Å². The van der Waals surface area contributed by atoms with E-state index in [0.717, 1.165) is 25.1 Å². The number of aryl methyl sites for hydroxylation is 1. The van der Waals surface area contributed by atoms with Crippen LogP contribution in [0.1, 0.15) is 62.6 Å². The summed E-state index contributed by atoms with van der Waals surface area (Å²) >= 11 is 0. The molecule has 1 aliphatic rings. The van der Waals surface area contributed by atoms with E-state index in [0.29, 0.717) is 11.7 Å². The highest BCUT2D eigenvalue weighted by Gasteiger charge is 2.13. The van der Waals surface area contributed by atoms with Crippen molar-refractivity contribution >= 4 is 0 Å². The Bertz CT molecular complexity index is 429. The first-order chi connectivity index (χ1) is 10.2. The molecule has 0 radical (unpaired) electrons. The lowest BCUT2D eigenvalue weighted by atomic mass is 9.98. The van der Waals surface area contributed by atoms with Crippen molar-refractivity contribution in [2.45, 2.75) is 64.5 Å². The lowest BCUT2D eigenvalue weighted by molar-refractivity contribution is 0.0271. The van der Waals surface area contributed by atoms with Gasteiger partial charge in [0.1, 0.15) is 5.82 Å². The third kappa shape index (κ3) is 5.40. The molecule has 0 heterocycles. The highest BCUT2D eigenvalue weighted by atomic mass is 19.1. The molecule has 1 N–H and O–H groups in total. The van der Waals surface area contributed by atoms with Crippen LogP contribution >= 0.6 is 0 Å². The summed E-state index contributed by atoms with van der Waals surface area (Å²) in [5.74, 6) is -0.123. The van der Waals surface area contributed by atoms with Crippen molar-refractivity contribution in [1.29, 1.82) is 0 Å². The van der Waals surface area contributed by atoms with E-state index in [4.69, 9.17) is 4.74 Å². The molecular weight excluding hydrogens is 265 g/mol. The van der Waals surface area contributed by atoms with E-state index in [2.05, 4.69) is 12.2 Å². The zero-order valence-electron chi connectivity index (χ0n) is 13.3. The Morgan fingerprint density at radius 2 is 2.05 bits per heavy atom. The zero-order chi connectivity index (χ0) is 15.1. The van der Waals surface area contributed by atoms with E-state index in [1.54, 1.807) is 13.0 Å². The van der Waals surface area contributed by atoms with Crippen molar-refractivity contribution in [3.63, 3.8) is 0 Å². The Balaban J connectivity index is 1.62. The number of hydrogen-bond acceptors (Lipinski definition) is 2. The minimum atomic E-state index is -0.123. The molecule has 0 aromatic heterocycles. The lowest BCUT2D eigenvalue weighted by Gasteiger charge is -2.22. The monoisotopic (exact) mass is 293 g/mol. The van der Waals surface area contributed by atoms with Crippen LogP contribution in [-0.4, -0.2) is 19.3 Å². The predicted octanol–water partition coefficient (Wildman–Crippen LogP) is 4.52. The number of ether oxygens (including phenoxy) is 1. The van der Waals surface area contributed by atoms with Crippen molar-refractivity contribution in [1.82, 2.24) is 5.32 Å². The second-order valence-electron chi connectivity index (χ2n) is 6.17. The van der Waals surface area contributed by atoms with Crippen molar-refractivity contribution < 1.29 is 9.13 Å². The highest BCUT2D eigenvalue weighted by Crippen LogP contribution is 2.20. The van der Waals surface area contributed by atoms with E-state index in [1.165, 1.54) is 32.1 Å². The van der Waals surface area contributed by atoms with Crippen LogP contribution in [-0.2, 0) is 4.74 Å². The van der Waals surface area contributed by atoms with Crippen molar-refractivity contribution in [2.24, 2.45) is 0 Å². The summed E-state index contributed by atoms with van der Waals surface area (Å²) in [6, 6.07) is 5.64. The quantitative estimate of drug-likeness (QED) is 0.746. The smallest absolute Gasteiger partial charge is 0.126 e. The predicted molar refractivity (Wildman–Crippen MR) is 85.0 cm³/mol. The summed E-state index contributed by atoms with van der Waals surface area (Å²) in [5, 5.41) is 3.44. The number of hydrogen-bond donors (Lipinski definition) is 1. The van der Waals surface area contributed by atoms with Crippen LogP contribution in [0, 0.1) is 12.7 Å². The van der Waals surface area contributed by atoms with Crippen LogP contribution < -0.4 is 5.32 Å². The molecule has 1 atom stereocenters. The van der Waals surface area contributed by atoms with Gasteiger partial charge in [-0.05, 0) is 56.8 Å². The molecule has 2 rings (SSSR count). The van der Waals surface area contributed by atoms with Gasteiger partial charge in [0.25, 0.3) is 0 Å². The lowest BCUT2D eigenvalue weighted by Crippen LogP contribution is -2.23. The Morgan fingerprint density at radius 3 is 2.76 bits per heavy atom. The molecular formula is C18H28FNO. The summed E-state index contributed by atoms with van der Waals surface area (Å²) in [6.45, 7) is 5.60. The molecule has 118 valence electrons. The fraction of sp³-hybridized carbons (Fsp3) is 0.667. The summed E-state index contributed by atoms with van der Waals surface area (Å²) in [7, 11) is 0. The van der Waals surface area contributed by atoms with Crippen LogP contribution in [0.3, 0.4) is 0 Å². The molecule has 0 amide bonds. The second kappa shape index (κ2) is 8.50. The molecule has 0 bridgehead atoms. The first kappa shape index (κ1) is 16.4. The maximum absolute atomic E-state index is 13.5. The van der Waals surface area contributed by atoms with E-state index >= 15 is 0 Å². The van der Waals surface area contributed by atoms with Gasteiger partial charge in [0.15, 0.2) is 0 Å². The number of benzene rings is 1. The maximum Gasteiger partial charge on any atom is 0.126 e. The van der Waals surface area contributed by atoms with Gasteiger partial charge in [-0.1, -0.05) is 31.4 Å². The van der Waals surface area contributed by atoms with E-state index in [9.17, 15) is 4.39 Å². The molecule has 1 aromatic carbocycles. The molecule has 21 heavy (non-hydrogen) atoms. The first-order valence-corrected chi connectivity index (χ1v) is 8.28. The highest BCUT2D eigenvalue weighted by molar-refractivity contribution is 5.25. The van der Waals surface area contributed by atoms with Gasteiger partial charge < -0.3 is 10.1 Å². The largest absolute Gasteiger partial charge is 0.378 e. The minimum Gasteiger partial charge on any atom is -0.378 e. The Labute approximate surface area is 128 Å². The first-order valence-electron chi connectivity index (χ1n) is 8.28. The second-order valence-corrected chi connectivity index (χ2v) is 6.17. The molecule has 0 spiro atoms. The average Bonchev–Trinajstić information content (AvgIpc) is 2.50. The number of rotatable bonds is 7. The summed E-state index contributed by atoms with van der Waals surface area (Å²) in [5.41, 5.74) is 1.71. The molecule has 3 heteroatoms. The van der Waals surface area contributed by atoms with Crippen LogP contribution in [0.2, 0.25) is 0 Å². The Hall–Kier alpha value is -0.930. The Kier molecular flexibility index (Phi) is 6.65. The van der Waals surface area contributed by atoms with Gasteiger partial charge in [-0.15, -0.1) is 0 Å². The molecule has 1 fully saturated rings. The average molecular weight is 293 g/mol. The molecule has 1 unspecified atom stereocenters. The van der Waals surface area contributed by atoms with Gasteiger partial charge in [0.2, 0.25) is 0 Å². The summed E-state index contributed by atoms with van der Waals surface area (Å²) in [4.78, 5) is 0. The number of halogens is 1. The third-order valence-corrected chi connectivity index (χ3v) is 4.37. The topological polar surface area (TPSA) is 21.3 Å². The fourth-order valence-corrected chi connectivity index (χ4v) is 2.87. The third-order valence-electron chi connectivity index (χ3n) is 4.37. The van der Waals surface area contributed by atoms with Crippen molar-refractivity contribution in [3.8, 4) is 0 Å². The SMILES string of the molecule is Cc1ccc(C(C)NCCCOC2CCCCC2)cc1F. The molecule has 2 nitrogen and oxygen atoms in total. The van der Waals surface area contributed by atoms with Gasteiger partial charge in [-0.3, -0.25) is 0 Å². The van der Waals surface area contributed by atoms with E-state index in [1.807, 2.05) is 12.1 Å². The van der Waals surface area contributed by atoms with E-state index in [-0.39, 0.29) is 11.9 Å². The standard InChI is InChI=1S/C18H28FNO/c1-14-9-10-16(13-18(14)19)15(2)20-11-6-12-21-17-7-4-3-5-8-17/h9-10,13,15,17,20H,3-8,11-12H2,1-2H3. The van der Waals surface area contributed by atoms with Gasteiger partial charge >= 0.3 is 0 Å². The van der Waals surface area contributed by atoms with Crippen LogP contribution in [0.15, 0.2) is 18.2 Å². The van der Waals surface area contributed by atoms with Gasteiger partial charge in [0, 0.05) is 12.6 Å². The van der Waals surface area contributed by atoms with Crippen LogP contribution in [0.4, 0.5) is 4.39 Å². The van der Waals surface area contributed by atoms with Crippen molar-refractivity contribution in [3.05, 3.63) is 35.1 Å². The molecule has 1 aliphatic carbocycles. The molecule has 0 aliphatic heterocycles. The van der Waals surface area contributed by atoms with E-state index < -0.39 is 0 Å². The molecule has 1 aromatic rings. The van der Waals surface area contributed by atoms with Crippen LogP contribution in [0.5, 0.6) is 0 Å². The van der Waals surface area contributed by atoms with Gasteiger partial charge in [-0.25, -0.2) is 4.39 Å². The fourth-order valence-electron chi connectivity index (χ4n) is 2.87. The number of nitrogens with one attached hydrogen (secondary N) is 1. The summed E-state index contributed by atoms with van der Waals surface area (Å²) < 4.78 is 19.4. The minimum absolute atomic E-state index is 0.123. The molecule has 0 saturated heterocycles. The van der Waals surface area contributed by atoms with Crippen molar-refractivity contribution in [2.75, 3.05) is 13.2 Å². The molecule has 1 saturated carbocycles. The summed E-state index contributed by atoms with van der Waals surface area (Å²) in [6.07, 6.45) is 7.96.